The van der Waals surface area contributed by atoms with Crippen LogP contribution in [0, 0.1) is 5.92 Å². The van der Waals surface area contributed by atoms with Gasteiger partial charge < -0.3 is 24.8 Å². The first kappa shape index (κ1) is 22.1. The number of carbonyl (C=O) groups is 2. The first-order valence-corrected chi connectivity index (χ1v) is 11.9. The third-order valence-corrected chi connectivity index (χ3v) is 7.22. The lowest BCUT2D eigenvalue weighted by molar-refractivity contribution is -0.929. The Kier molecular flexibility index (Phi) is 7.45. The van der Waals surface area contributed by atoms with E-state index in [1.54, 1.807) is 11.9 Å². The van der Waals surface area contributed by atoms with Crippen LogP contribution >= 0.6 is 0 Å². The van der Waals surface area contributed by atoms with E-state index < -0.39 is 0 Å². The summed E-state index contributed by atoms with van der Waals surface area (Å²) in [5.41, 5.74) is 1.90. The topological polar surface area (TPSA) is 66.3 Å². The van der Waals surface area contributed by atoms with Crippen molar-refractivity contribution in [3.05, 3.63) is 24.3 Å². The number of hydrogen-bond acceptors (Lipinski definition) is 4. The van der Waals surface area contributed by atoms with Gasteiger partial charge in [-0.15, -0.1) is 0 Å². The Morgan fingerprint density at radius 1 is 1.10 bits per heavy atom. The van der Waals surface area contributed by atoms with Crippen LogP contribution in [-0.2, 0) is 14.3 Å². The van der Waals surface area contributed by atoms with Gasteiger partial charge in [0.2, 0.25) is 5.91 Å². The first-order valence-electron chi connectivity index (χ1n) is 11.9. The first-order chi connectivity index (χ1) is 15.1. The number of morpholine rings is 1. The Morgan fingerprint density at radius 3 is 2.58 bits per heavy atom. The van der Waals surface area contributed by atoms with Crippen LogP contribution in [0.4, 0.5) is 11.4 Å². The van der Waals surface area contributed by atoms with Crippen molar-refractivity contribution in [3.8, 4) is 0 Å². The van der Waals surface area contributed by atoms with Crippen LogP contribution in [0.15, 0.2) is 24.3 Å². The number of anilines is 2. The lowest BCUT2D eigenvalue weighted by Gasteiger charge is -2.41. The molecular formula is C24H37N4O3+. The summed E-state index contributed by atoms with van der Waals surface area (Å²) in [4.78, 5) is 30.6. The molecule has 2 saturated heterocycles. The summed E-state index contributed by atoms with van der Waals surface area (Å²) < 4.78 is 5.40. The number of quaternary nitrogens is 1. The lowest BCUT2D eigenvalue weighted by Crippen LogP contribution is -3.18. The molecule has 7 heteroatoms. The molecule has 0 aromatic heterocycles. The zero-order valence-corrected chi connectivity index (χ0v) is 18.8. The molecule has 3 aliphatic rings. The Balaban J connectivity index is 1.24. The zero-order chi connectivity index (χ0) is 21.6. The quantitative estimate of drug-likeness (QED) is 0.712. The van der Waals surface area contributed by atoms with E-state index in [4.69, 9.17) is 4.74 Å². The van der Waals surface area contributed by atoms with Gasteiger partial charge in [-0.2, -0.15) is 0 Å². The maximum absolute atomic E-state index is 12.8. The molecule has 3 atom stereocenters. The van der Waals surface area contributed by atoms with Gasteiger partial charge in [-0.3, -0.25) is 9.59 Å². The highest BCUT2D eigenvalue weighted by molar-refractivity contribution is 5.94. The number of hydrogen-bond donors (Lipinski definition) is 2. The second-order valence-electron chi connectivity index (χ2n) is 9.32. The molecule has 2 heterocycles. The van der Waals surface area contributed by atoms with Crippen molar-refractivity contribution in [3.63, 3.8) is 0 Å². The van der Waals surface area contributed by atoms with Crippen molar-refractivity contribution < 1.29 is 19.2 Å². The van der Waals surface area contributed by atoms with Gasteiger partial charge in [0, 0.05) is 37.4 Å². The van der Waals surface area contributed by atoms with Crippen molar-refractivity contribution >= 4 is 23.2 Å². The van der Waals surface area contributed by atoms with Crippen LogP contribution in [0.25, 0.3) is 0 Å². The monoisotopic (exact) mass is 429 g/mol. The number of rotatable bonds is 6. The van der Waals surface area contributed by atoms with Gasteiger partial charge in [0.25, 0.3) is 5.91 Å². The molecule has 1 aromatic carbocycles. The molecule has 31 heavy (non-hydrogen) atoms. The lowest BCUT2D eigenvalue weighted by atomic mass is 9.78. The fourth-order valence-electron chi connectivity index (χ4n) is 5.50. The summed E-state index contributed by atoms with van der Waals surface area (Å²) in [5.74, 6) is 0.706. The highest BCUT2D eigenvalue weighted by atomic mass is 16.5. The predicted molar refractivity (Wildman–Crippen MR) is 121 cm³/mol. The van der Waals surface area contributed by atoms with Crippen LogP contribution in [0.5, 0.6) is 0 Å². The van der Waals surface area contributed by atoms with Gasteiger partial charge in [0.1, 0.15) is 0 Å². The van der Waals surface area contributed by atoms with Crippen molar-refractivity contribution in [2.45, 2.75) is 44.6 Å². The number of likely N-dealkylation sites (N-methyl/N-ethyl adjacent to an activating group) is 1. The number of nitrogens with one attached hydrogen (secondary N) is 2. The highest BCUT2D eigenvalue weighted by Crippen LogP contribution is 2.28. The molecule has 1 aliphatic carbocycles. The third kappa shape index (κ3) is 5.77. The Morgan fingerprint density at radius 2 is 1.81 bits per heavy atom. The molecule has 2 N–H and O–H groups in total. The van der Waals surface area contributed by atoms with E-state index in [0.29, 0.717) is 12.6 Å². The number of fused-ring (bicyclic) bond motifs is 1. The number of likely N-dealkylation sites (tertiary alicyclic amines) is 1. The molecule has 0 spiro atoms. The fourth-order valence-corrected chi connectivity index (χ4v) is 5.50. The van der Waals surface area contributed by atoms with Crippen molar-refractivity contribution in [1.82, 2.24) is 4.90 Å². The van der Waals surface area contributed by atoms with Crippen LogP contribution in [0.1, 0.15) is 38.5 Å². The van der Waals surface area contributed by atoms with Crippen LogP contribution < -0.4 is 15.1 Å². The van der Waals surface area contributed by atoms with Crippen LogP contribution in [-0.4, -0.2) is 75.7 Å². The SMILES string of the molecule is CN(CC(=O)Nc1ccc(N2CCOCC2)cc1)C(=O)C[NH+]1CCC[C@@H]2CCCC[C@@H]21. The fraction of sp³-hybridized carbons (Fsp3) is 0.667. The van der Waals surface area contributed by atoms with Crippen molar-refractivity contribution in [2.75, 3.05) is 63.2 Å². The number of benzene rings is 1. The smallest absolute Gasteiger partial charge is 0.277 e. The maximum Gasteiger partial charge on any atom is 0.277 e. The summed E-state index contributed by atoms with van der Waals surface area (Å²) in [6.45, 7) is 4.96. The highest BCUT2D eigenvalue weighted by Gasteiger charge is 2.37. The van der Waals surface area contributed by atoms with Gasteiger partial charge in [-0.1, -0.05) is 6.42 Å². The number of nitrogens with zero attached hydrogens (tertiary/aromatic N) is 2. The maximum atomic E-state index is 12.8. The standard InChI is InChI=1S/C24H36N4O3/c1-26(24(30)18-28-12-4-6-19-5-2-3-7-22(19)28)17-23(29)25-20-8-10-21(11-9-20)27-13-15-31-16-14-27/h8-11,19,22H,2-7,12-18H2,1H3,(H,25,29)/p+1/t19-,22-/m0/s1. The Bertz CT molecular complexity index is 746. The second kappa shape index (κ2) is 10.5. The van der Waals surface area contributed by atoms with Gasteiger partial charge in [0.05, 0.1) is 32.3 Å². The summed E-state index contributed by atoms with van der Waals surface area (Å²) >= 11 is 0. The third-order valence-electron chi connectivity index (χ3n) is 7.22. The Hall–Kier alpha value is -2.12. The molecule has 4 rings (SSSR count). The largest absolute Gasteiger partial charge is 0.378 e. The van der Waals surface area contributed by atoms with Crippen LogP contribution in [0.3, 0.4) is 0 Å². The average molecular weight is 430 g/mol. The molecule has 0 bridgehead atoms. The number of amides is 2. The zero-order valence-electron chi connectivity index (χ0n) is 18.8. The molecule has 2 amide bonds. The molecule has 0 radical (unpaired) electrons. The van der Waals surface area contributed by atoms with E-state index in [1.807, 2.05) is 24.3 Å². The minimum Gasteiger partial charge on any atom is -0.378 e. The summed E-state index contributed by atoms with van der Waals surface area (Å²) in [6.07, 6.45) is 7.75. The van der Waals surface area contributed by atoms with Crippen molar-refractivity contribution in [2.24, 2.45) is 5.92 Å². The van der Waals surface area contributed by atoms with Crippen molar-refractivity contribution in [1.29, 1.82) is 0 Å². The molecule has 170 valence electrons. The number of piperidine rings is 1. The minimum atomic E-state index is -0.154. The molecule has 2 aliphatic heterocycles. The van der Waals surface area contributed by atoms with E-state index >= 15 is 0 Å². The van der Waals surface area contributed by atoms with Gasteiger partial charge >= 0.3 is 0 Å². The summed E-state index contributed by atoms with van der Waals surface area (Å²) in [5, 5.41) is 2.92. The Labute approximate surface area is 185 Å². The predicted octanol–water partition coefficient (Wildman–Crippen LogP) is 1.16. The second-order valence-corrected chi connectivity index (χ2v) is 9.32. The number of ether oxygens (including phenoxy) is 1. The van der Waals surface area contributed by atoms with Gasteiger partial charge in [-0.05, 0) is 56.4 Å². The van der Waals surface area contributed by atoms with E-state index in [0.717, 1.165) is 50.1 Å². The van der Waals surface area contributed by atoms with E-state index in [2.05, 4.69) is 10.2 Å². The molecule has 1 saturated carbocycles. The molecule has 1 aromatic rings. The minimum absolute atomic E-state index is 0.0686. The van der Waals surface area contributed by atoms with E-state index in [9.17, 15) is 9.59 Å². The van der Waals surface area contributed by atoms with E-state index in [-0.39, 0.29) is 18.4 Å². The summed E-state index contributed by atoms with van der Waals surface area (Å²) in [7, 11) is 1.74. The number of carbonyl (C=O) groups excluding carboxylic acids is 2. The molecule has 1 unspecified atom stereocenters. The average Bonchev–Trinajstić information content (AvgIpc) is 2.80. The normalized spacial score (nSPS) is 26.1. The van der Waals surface area contributed by atoms with Gasteiger partial charge in [-0.25, -0.2) is 0 Å². The van der Waals surface area contributed by atoms with Gasteiger partial charge in [0.15, 0.2) is 6.54 Å². The molecular weight excluding hydrogens is 392 g/mol. The van der Waals surface area contributed by atoms with Crippen LogP contribution in [0.2, 0.25) is 0 Å². The molecule has 3 fully saturated rings. The van der Waals surface area contributed by atoms with E-state index in [1.165, 1.54) is 43.4 Å². The summed E-state index contributed by atoms with van der Waals surface area (Å²) in [6, 6.07) is 8.53. The molecule has 7 nitrogen and oxygen atoms in total.